The molecule has 56 valence electrons. The fraction of sp³-hybridized carbons (Fsp3) is 0.400. The summed E-state index contributed by atoms with van der Waals surface area (Å²) in [5, 5.41) is 0. The zero-order chi connectivity index (χ0) is 7.56. The van der Waals surface area contributed by atoms with E-state index in [0.717, 1.165) is 12.5 Å². The minimum Gasteiger partial charge on any atom is -0.280 e. The number of alkyl halides is 3. The van der Waals surface area contributed by atoms with Crippen molar-refractivity contribution in [3.05, 3.63) is 18.2 Å². The van der Waals surface area contributed by atoms with Crippen molar-refractivity contribution in [1.82, 2.24) is 9.55 Å². The van der Waals surface area contributed by atoms with E-state index in [-0.39, 0.29) is 5.69 Å². The van der Waals surface area contributed by atoms with Gasteiger partial charge in [0.25, 0.3) is 0 Å². The quantitative estimate of drug-likeness (QED) is 0.627. The molecule has 2 nitrogen and oxygen atoms in total. The van der Waals surface area contributed by atoms with Crippen molar-refractivity contribution < 1.29 is 13.2 Å². The van der Waals surface area contributed by atoms with Gasteiger partial charge in [-0.05, 0) is 0 Å². The zero-order valence-electron chi connectivity index (χ0n) is 4.97. The molecule has 0 aliphatic carbocycles. The van der Waals surface area contributed by atoms with Gasteiger partial charge in [0, 0.05) is 6.20 Å². The number of aromatic nitrogens is 2. The summed E-state index contributed by atoms with van der Waals surface area (Å²) in [5.41, 5.74) is 0.0281. The lowest BCUT2D eigenvalue weighted by atomic mass is 10.5. The summed E-state index contributed by atoms with van der Waals surface area (Å²) in [6.07, 6.45) is 1.88. The van der Waals surface area contributed by atoms with Gasteiger partial charge in [-0.15, -0.1) is 0 Å². The summed E-state index contributed by atoms with van der Waals surface area (Å²) >= 11 is 0. The van der Waals surface area contributed by atoms with E-state index in [1.165, 1.54) is 0 Å². The SMILES string of the molecule is FCc1cn(C(F)F)cn1. The maximum atomic E-state index is 11.7. The van der Waals surface area contributed by atoms with E-state index in [9.17, 15) is 13.2 Å². The van der Waals surface area contributed by atoms with Gasteiger partial charge in [0.05, 0.1) is 12.0 Å². The first kappa shape index (κ1) is 7.11. The molecule has 10 heavy (non-hydrogen) atoms. The van der Waals surface area contributed by atoms with Crippen LogP contribution in [0.1, 0.15) is 12.2 Å². The second kappa shape index (κ2) is 2.72. The lowest BCUT2D eigenvalue weighted by molar-refractivity contribution is 0.0700. The van der Waals surface area contributed by atoms with Crippen molar-refractivity contribution in [3.63, 3.8) is 0 Å². The molecule has 1 rings (SSSR count). The molecule has 0 radical (unpaired) electrons. The van der Waals surface area contributed by atoms with Gasteiger partial charge in [0.1, 0.15) is 6.67 Å². The Morgan fingerprint density at radius 1 is 1.60 bits per heavy atom. The first-order chi connectivity index (χ1) is 4.74. The van der Waals surface area contributed by atoms with E-state index in [0.29, 0.717) is 4.57 Å². The van der Waals surface area contributed by atoms with E-state index >= 15 is 0 Å². The average Bonchev–Trinajstić information content (AvgIpc) is 2.34. The predicted octanol–water partition coefficient (Wildman–Crippen LogP) is 1.75. The van der Waals surface area contributed by atoms with Crippen LogP contribution < -0.4 is 0 Å². The molecule has 0 aromatic carbocycles. The van der Waals surface area contributed by atoms with Crippen molar-refractivity contribution >= 4 is 0 Å². The summed E-state index contributed by atoms with van der Waals surface area (Å²) in [5.74, 6) is 0. The number of rotatable bonds is 2. The molecule has 1 aromatic rings. The monoisotopic (exact) mass is 150 g/mol. The first-order valence-corrected chi connectivity index (χ1v) is 2.60. The van der Waals surface area contributed by atoms with Gasteiger partial charge in [-0.3, -0.25) is 4.57 Å². The fourth-order valence-corrected chi connectivity index (χ4v) is 0.555. The highest BCUT2D eigenvalue weighted by Gasteiger charge is 2.05. The molecule has 0 unspecified atom stereocenters. The average molecular weight is 150 g/mol. The van der Waals surface area contributed by atoms with E-state index in [1.807, 2.05) is 0 Å². The Kier molecular flexibility index (Phi) is 1.94. The van der Waals surface area contributed by atoms with Gasteiger partial charge >= 0.3 is 6.55 Å². The van der Waals surface area contributed by atoms with Crippen LogP contribution in [0, 0.1) is 0 Å². The van der Waals surface area contributed by atoms with Crippen LogP contribution in [-0.4, -0.2) is 9.55 Å². The van der Waals surface area contributed by atoms with Crippen LogP contribution in [0.4, 0.5) is 13.2 Å². The Morgan fingerprint density at radius 2 is 2.30 bits per heavy atom. The molecule has 1 aromatic heterocycles. The fourth-order valence-electron chi connectivity index (χ4n) is 0.555. The molecule has 1 heterocycles. The van der Waals surface area contributed by atoms with Gasteiger partial charge in [-0.2, -0.15) is 8.78 Å². The second-order valence-corrected chi connectivity index (χ2v) is 1.72. The number of imidazole rings is 1. The van der Waals surface area contributed by atoms with Crippen molar-refractivity contribution in [2.75, 3.05) is 0 Å². The highest BCUT2D eigenvalue weighted by Crippen LogP contribution is 2.09. The molecule has 0 bridgehead atoms. The maximum Gasteiger partial charge on any atom is 0.319 e. The third-order valence-corrected chi connectivity index (χ3v) is 1.02. The maximum absolute atomic E-state index is 11.7. The Labute approximate surface area is 55.3 Å². The molecule has 0 amide bonds. The van der Waals surface area contributed by atoms with Gasteiger partial charge in [-0.1, -0.05) is 0 Å². The molecule has 5 heteroatoms. The Morgan fingerprint density at radius 3 is 2.60 bits per heavy atom. The Balaban J connectivity index is 2.78. The summed E-state index contributed by atoms with van der Waals surface area (Å²) in [6, 6.07) is 0. The lowest BCUT2D eigenvalue weighted by Crippen LogP contribution is -1.92. The van der Waals surface area contributed by atoms with Crippen molar-refractivity contribution in [3.8, 4) is 0 Å². The zero-order valence-corrected chi connectivity index (χ0v) is 4.97. The van der Waals surface area contributed by atoms with E-state index in [2.05, 4.69) is 4.98 Å². The molecule has 0 N–H and O–H groups in total. The van der Waals surface area contributed by atoms with Crippen LogP contribution in [0.15, 0.2) is 12.5 Å². The molecule has 0 saturated carbocycles. The standard InChI is InChI=1S/C5H5F3N2/c6-1-4-2-10(3-9-4)5(7)8/h2-3,5H,1H2. The summed E-state index contributed by atoms with van der Waals surface area (Å²) in [4.78, 5) is 3.36. The van der Waals surface area contributed by atoms with Crippen molar-refractivity contribution in [2.45, 2.75) is 13.2 Å². The molecule has 0 spiro atoms. The van der Waals surface area contributed by atoms with Crippen LogP contribution in [0.2, 0.25) is 0 Å². The van der Waals surface area contributed by atoms with Gasteiger partial charge < -0.3 is 0 Å². The molecule has 0 fully saturated rings. The Bertz CT molecular complexity index is 208. The molecular formula is C5H5F3N2. The minimum atomic E-state index is -2.63. The predicted molar refractivity (Wildman–Crippen MR) is 28.3 cm³/mol. The molecule has 0 atom stereocenters. The first-order valence-electron chi connectivity index (χ1n) is 2.60. The Hall–Kier alpha value is -1.00. The van der Waals surface area contributed by atoms with E-state index in [4.69, 9.17) is 0 Å². The number of nitrogens with zero attached hydrogens (tertiary/aromatic N) is 2. The molecule has 0 aliphatic heterocycles. The third kappa shape index (κ3) is 1.29. The third-order valence-electron chi connectivity index (χ3n) is 1.02. The molecule has 0 aliphatic rings. The number of halogens is 3. The summed E-state index contributed by atoms with van der Waals surface area (Å²) < 4.78 is 35.7. The van der Waals surface area contributed by atoms with E-state index in [1.54, 1.807) is 0 Å². The smallest absolute Gasteiger partial charge is 0.280 e. The van der Waals surface area contributed by atoms with Crippen LogP contribution in [0.5, 0.6) is 0 Å². The summed E-state index contributed by atoms with van der Waals surface area (Å²) in [6.45, 7) is -3.44. The molecular weight excluding hydrogens is 145 g/mol. The summed E-state index contributed by atoms with van der Waals surface area (Å²) in [7, 11) is 0. The van der Waals surface area contributed by atoms with E-state index < -0.39 is 13.2 Å². The van der Waals surface area contributed by atoms with Crippen LogP contribution in [0.25, 0.3) is 0 Å². The van der Waals surface area contributed by atoms with Gasteiger partial charge in [0.2, 0.25) is 0 Å². The topological polar surface area (TPSA) is 17.8 Å². The van der Waals surface area contributed by atoms with Gasteiger partial charge in [0.15, 0.2) is 0 Å². The largest absolute Gasteiger partial charge is 0.319 e. The minimum absolute atomic E-state index is 0.0281. The highest BCUT2D eigenvalue weighted by atomic mass is 19.3. The second-order valence-electron chi connectivity index (χ2n) is 1.72. The lowest BCUT2D eigenvalue weighted by Gasteiger charge is -1.94. The van der Waals surface area contributed by atoms with Crippen LogP contribution in [-0.2, 0) is 6.67 Å². The highest BCUT2D eigenvalue weighted by molar-refractivity contribution is 4.94. The normalized spacial score (nSPS) is 10.8. The van der Waals surface area contributed by atoms with Crippen molar-refractivity contribution in [1.29, 1.82) is 0 Å². The van der Waals surface area contributed by atoms with Crippen LogP contribution in [0.3, 0.4) is 0 Å². The number of hydrogen-bond acceptors (Lipinski definition) is 1. The number of hydrogen-bond donors (Lipinski definition) is 0. The van der Waals surface area contributed by atoms with Gasteiger partial charge in [-0.25, -0.2) is 9.37 Å². The van der Waals surface area contributed by atoms with Crippen molar-refractivity contribution in [2.24, 2.45) is 0 Å². The van der Waals surface area contributed by atoms with Crippen LogP contribution >= 0.6 is 0 Å². The molecule has 0 saturated heterocycles.